The lowest BCUT2D eigenvalue weighted by Crippen LogP contribution is -2.49. The number of hydrogen-bond donors (Lipinski definition) is 3. The van der Waals surface area contributed by atoms with Crippen LogP contribution >= 0.6 is 12.4 Å². The number of benzene rings is 1. The minimum atomic E-state index is -1.32. The van der Waals surface area contributed by atoms with E-state index in [2.05, 4.69) is 10.6 Å². The number of rotatable bonds is 5. The molecule has 28 heavy (non-hydrogen) atoms. The fourth-order valence-electron chi connectivity index (χ4n) is 3.90. The van der Waals surface area contributed by atoms with Gasteiger partial charge in [0.2, 0.25) is 5.91 Å². The maximum Gasteiger partial charge on any atom is 0.325 e. The molecule has 1 heterocycles. The van der Waals surface area contributed by atoms with Crippen molar-refractivity contribution >= 4 is 30.3 Å². The molecule has 4 amide bonds. The molecule has 4 N–H and O–H groups in total. The van der Waals surface area contributed by atoms with Crippen molar-refractivity contribution in [3.8, 4) is 0 Å². The molecule has 1 aromatic rings. The topological polar surface area (TPSA) is 105 Å². The van der Waals surface area contributed by atoms with E-state index in [4.69, 9.17) is 5.73 Å². The summed E-state index contributed by atoms with van der Waals surface area (Å²) < 4.78 is 13.2. The van der Waals surface area contributed by atoms with Gasteiger partial charge in [-0.25, -0.2) is 9.18 Å². The van der Waals surface area contributed by atoms with E-state index in [1.54, 1.807) is 6.92 Å². The van der Waals surface area contributed by atoms with E-state index >= 15 is 0 Å². The molecule has 3 rings (SSSR count). The summed E-state index contributed by atoms with van der Waals surface area (Å²) in [7, 11) is 0. The molecule has 1 saturated carbocycles. The van der Waals surface area contributed by atoms with Gasteiger partial charge in [0.1, 0.15) is 17.9 Å². The van der Waals surface area contributed by atoms with Crippen LogP contribution in [0, 0.1) is 11.7 Å². The highest BCUT2D eigenvalue weighted by molar-refractivity contribution is 6.09. The first-order valence-corrected chi connectivity index (χ1v) is 9.24. The molecule has 1 aliphatic carbocycles. The van der Waals surface area contributed by atoms with Crippen LogP contribution in [0.15, 0.2) is 24.3 Å². The summed E-state index contributed by atoms with van der Waals surface area (Å²) in [5.74, 6) is -1.13. The number of hydrogen-bond acceptors (Lipinski definition) is 4. The van der Waals surface area contributed by atoms with Gasteiger partial charge in [-0.05, 0) is 49.9 Å². The van der Waals surface area contributed by atoms with Crippen LogP contribution < -0.4 is 16.4 Å². The van der Waals surface area contributed by atoms with Crippen LogP contribution in [0.1, 0.15) is 38.2 Å². The predicted molar refractivity (Wildman–Crippen MR) is 104 cm³/mol. The molecule has 0 bridgehead atoms. The molecule has 154 valence electrons. The van der Waals surface area contributed by atoms with Gasteiger partial charge in [-0.1, -0.05) is 25.0 Å². The van der Waals surface area contributed by atoms with E-state index < -0.39 is 23.3 Å². The van der Waals surface area contributed by atoms with Crippen molar-refractivity contribution in [2.24, 2.45) is 11.7 Å². The molecule has 0 spiro atoms. The molecule has 3 unspecified atom stereocenters. The Morgan fingerprint density at radius 1 is 1.29 bits per heavy atom. The van der Waals surface area contributed by atoms with Crippen molar-refractivity contribution in [2.45, 2.75) is 44.2 Å². The summed E-state index contributed by atoms with van der Waals surface area (Å²) >= 11 is 0. The third-order valence-electron chi connectivity index (χ3n) is 5.56. The minimum Gasteiger partial charge on any atom is -0.351 e. The number of amides is 4. The van der Waals surface area contributed by atoms with Crippen LogP contribution in [-0.2, 0) is 15.1 Å². The van der Waals surface area contributed by atoms with Gasteiger partial charge in [0, 0.05) is 6.04 Å². The highest BCUT2D eigenvalue weighted by atomic mass is 35.5. The maximum absolute atomic E-state index is 13.2. The highest BCUT2D eigenvalue weighted by Gasteiger charge is 2.49. The second kappa shape index (κ2) is 8.87. The van der Waals surface area contributed by atoms with Gasteiger partial charge >= 0.3 is 6.03 Å². The summed E-state index contributed by atoms with van der Waals surface area (Å²) in [5, 5.41) is 5.53. The van der Waals surface area contributed by atoms with Crippen molar-refractivity contribution < 1.29 is 18.8 Å². The molecular weight excluding hydrogens is 387 g/mol. The monoisotopic (exact) mass is 412 g/mol. The Balaban J connectivity index is 0.00000280. The number of nitrogens with zero attached hydrogens (tertiary/aromatic N) is 1. The number of carbonyl (C=O) groups excluding carboxylic acids is 3. The van der Waals surface area contributed by atoms with Crippen LogP contribution in [0.25, 0.3) is 0 Å². The lowest BCUT2D eigenvalue weighted by molar-refractivity contribution is -0.135. The predicted octanol–water partition coefficient (Wildman–Crippen LogP) is 1.65. The molecule has 7 nitrogen and oxygen atoms in total. The molecule has 3 atom stereocenters. The van der Waals surface area contributed by atoms with E-state index in [9.17, 15) is 18.8 Å². The van der Waals surface area contributed by atoms with Crippen LogP contribution in [-0.4, -0.2) is 41.9 Å². The van der Waals surface area contributed by atoms with E-state index in [1.807, 2.05) is 0 Å². The second-order valence-electron chi connectivity index (χ2n) is 7.41. The largest absolute Gasteiger partial charge is 0.351 e. The first-order valence-electron chi connectivity index (χ1n) is 9.24. The van der Waals surface area contributed by atoms with Crippen molar-refractivity contribution in [1.29, 1.82) is 0 Å². The van der Waals surface area contributed by atoms with Gasteiger partial charge in [0.05, 0.1) is 0 Å². The Bertz CT molecular complexity index is 745. The fourth-order valence-corrected chi connectivity index (χ4v) is 3.90. The molecule has 0 radical (unpaired) electrons. The quantitative estimate of drug-likeness (QED) is 0.639. The molecule has 0 aromatic heterocycles. The van der Waals surface area contributed by atoms with E-state index in [0.29, 0.717) is 12.1 Å². The van der Waals surface area contributed by atoms with Crippen LogP contribution in [0.2, 0.25) is 0 Å². The third kappa shape index (κ3) is 4.28. The molecule has 1 aliphatic heterocycles. The number of carbonyl (C=O) groups is 3. The first kappa shape index (κ1) is 22.1. The lowest BCUT2D eigenvalue weighted by atomic mass is 9.84. The van der Waals surface area contributed by atoms with Crippen molar-refractivity contribution in [1.82, 2.24) is 15.5 Å². The van der Waals surface area contributed by atoms with E-state index in [-0.39, 0.29) is 36.8 Å². The zero-order chi connectivity index (χ0) is 19.6. The summed E-state index contributed by atoms with van der Waals surface area (Å²) in [6, 6.07) is 4.69. The number of urea groups is 1. The molecule has 1 aromatic carbocycles. The fraction of sp³-hybridized carbons (Fsp3) is 0.526. The van der Waals surface area contributed by atoms with Crippen molar-refractivity contribution in [3.63, 3.8) is 0 Å². The highest BCUT2D eigenvalue weighted by Crippen LogP contribution is 2.29. The van der Waals surface area contributed by atoms with Gasteiger partial charge in [0.15, 0.2) is 0 Å². The standard InChI is InChI=1S/C19H25FN4O3.ClH/c1-19(13-6-8-14(20)9-7-13)17(26)24(18(27)23-19)11-16(25)22-15-5-3-2-4-12(15)10-21;/h6-9,12,15H,2-5,10-11,21H2,1H3,(H,22,25)(H,23,27);1H. The molecule has 2 aliphatic rings. The Hall–Kier alpha value is -2.19. The molecular formula is C19H26ClFN4O3. The summed E-state index contributed by atoms with van der Waals surface area (Å²) in [5.41, 5.74) is 4.92. The SMILES string of the molecule is CC1(c2ccc(F)cc2)NC(=O)N(CC(=O)NC2CCCCC2CN)C1=O.Cl. The minimum absolute atomic E-state index is 0. The molecule has 2 fully saturated rings. The van der Waals surface area contributed by atoms with Crippen molar-refractivity contribution in [2.75, 3.05) is 13.1 Å². The molecule has 9 heteroatoms. The average Bonchev–Trinajstić information content (AvgIpc) is 2.86. The summed E-state index contributed by atoms with van der Waals surface area (Å²) in [4.78, 5) is 38.5. The average molecular weight is 413 g/mol. The van der Waals surface area contributed by atoms with E-state index in [0.717, 1.165) is 30.6 Å². The zero-order valence-corrected chi connectivity index (χ0v) is 16.6. The number of nitrogens with two attached hydrogens (primary N) is 1. The number of halogens is 2. The van der Waals surface area contributed by atoms with E-state index in [1.165, 1.54) is 24.3 Å². The van der Waals surface area contributed by atoms with Gasteiger partial charge in [0.25, 0.3) is 5.91 Å². The Morgan fingerprint density at radius 3 is 2.57 bits per heavy atom. The lowest BCUT2D eigenvalue weighted by Gasteiger charge is -2.31. The number of nitrogens with one attached hydrogen (secondary N) is 2. The number of imide groups is 1. The maximum atomic E-state index is 13.2. The van der Waals surface area contributed by atoms with Gasteiger partial charge in [-0.2, -0.15) is 0 Å². The Kier molecular flexibility index (Phi) is 7.01. The van der Waals surface area contributed by atoms with Gasteiger partial charge in [-0.15, -0.1) is 12.4 Å². The third-order valence-corrected chi connectivity index (χ3v) is 5.56. The van der Waals surface area contributed by atoms with Gasteiger partial charge in [-0.3, -0.25) is 14.5 Å². The summed E-state index contributed by atoms with van der Waals surface area (Å²) in [6.45, 7) is 1.69. The molecule has 1 saturated heterocycles. The summed E-state index contributed by atoms with van der Waals surface area (Å²) in [6.07, 6.45) is 3.93. The second-order valence-corrected chi connectivity index (χ2v) is 7.41. The Morgan fingerprint density at radius 2 is 1.93 bits per heavy atom. The zero-order valence-electron chi connectivity index (χ0n) is 15.7. The smallest absolute Gasteiger partial charge is 0.325 e. The van der Waals surface area contributed by atoms with Crippen LogP contribution in [0.5, 0.6) is 0 Å². The normalized spacial score (nSPS) is 27.2. The van der Waals surface area contributed by atoms with Gasteiger partial charge < -0.3 is 16.4 Å². The Labute approximate surface area is 169 Å². The van der Waals surface area contributed by atoms with Crippen LogP contribution in [0.4, 0.5) is 9.18 Å². The van der Waals surface area contributed by atoms with Crippen LogP contribution in [0.3, 0.4) is 0 Å². The van der Waals surface area contributed by atoms with Crippen molar-refractivity contribution in [3.05, 3.63) is 35.6 Å². The first-order chi connectivity index (χ1) is 12.8.